The van der Waals surface area contributed by atoms with Gasteiger partial charge in [-0.25, -0.2) is 0 Å². The largest absolute Gasteiger partial charge is 0.347 e. The van der Waals surface area contributed by atoms with Gasteiger partial charge in [0.15, 0.2) is 0 Å². The third-order valence-corrected chi connectivity index (χ3v) is 3.38. The van der Waals surface area contributed by atoms with Gasteiger partial charge in [-0.15, -0.1) is 0 Å². The van der Waals surface area contributed by atoms with Gasteiger partial charge in [0, 0.05) is 12.5 Å². The Morgan fingerprint density at radius 1 is 1.28 bits per heavy atom. The summed E-state index contributed by atoms with van der Waals surface area (Å²) in [6.07, 6.45) is 0.364. The van der Waals surface area contributed by atoms with E-state index in [4.69, 9.17) is 0 Å². The maximum atomic E-state index is 12.1. The van der Waals surface area contributed by atoms with Crippen LogP contribution in [0.3, 0.4) is 0 Å². The Bertz CT molecular complexity index is 444. The number of nitrogens with one attached hydrogen (secondary N) is 1. The first-order chi connectivity index (χ1) is 8.59. The first kappa shape index (κ1) is 12.6. The molecule has 2 atom stereocenters. The van der Waals surface area contributed by atoms with Crippen LogP contribution in [-0.4, -0.2) is 29.3 Å². The minimum atomic E-state index is -0.0739. The van der Waals surface area contributed by atoms with Crippen LogP contribution in [0.1, 0.15) is 31.9 Å². The predicted octanol–water partition coefficient (Wildman–Crippen LogP) is 1.48. The van der Waals surface area contributed by atoms with E-state index in [1.165, 1.54) is 0 Å². The lowest BCUT2D eigenvalue weighted by Crippen LogP contribution is -2.41. The molecule has 1 aromatic rings. The molecule has 0 bridgehead atoms. The summed E-state index contributed by atoms with van der Waals surface area (Å²) in [4.78, 5) is 25.3. The minimum absolute atomic E-state index is 0.0126. The minimum Gasteiger partial charge on any atom is -0.347 e. The molecule has 1 aliphatic heterocycles. The molecule has 1 aromatic carbocycles. The molecular formula is C14H18N2O2. The van der Waals surface area contributed by atoms with Gasteiger partial charge in [-0.3, -0.25) is 9.59 Å². The lowest BCUT2D eigenvalue weighted by Gasteiger charge is -2.33. The van der Waals surface area contributed by atoms with Gasteiger partial charge in [0.25, 0.3) is 0 Å². The van der Waals surface area contributed by atoms with Crippen LogP contribution in [0.5, 0.6) is 0 Å². The highest BCUT2D eigenvalue weighted by Gasteiger charge is 2.30. The average molecular weight is 246 g/mol. The van der Waals surface area contributed by atoms with Gasteiger partial charge in [-0.2, -0.15) is 0 Å². The molecule has 1 heterocycles. The average Bonchev–Trinajstić information content (AvgIpc) is 2.49. The Hall–Kier alpha value is -1.84. The van der Waals surface area contributed by atoms with Gasteiger partial charge in [0.05, 0.1) is 12.6 Å². The van der Waals surface area contributed by atoms with Crippen LogP contribution in [0, 0.1) is 0 Å². The summed E-state index contributed by atoms with van der Waals surface area (Å²) in [5, 5.41) is 2.63. The number of nitrogens with zero attached hydrogens (tertiary/aromatic N) is 1. The summed E-state index contributed by atoms with van der Waals surface area (Å²) >= 11 is 0. The van der Waals surface area contributed by atoms with Crippen LogP contribution in [0.2, 0.25) is 0 Å². The highest BCUT2D eigenvalue weighted by Crippen LogP contribution is 2.24. The molecule has 0 aromatic heterocycles. The first-order valence-electron chi connectivity index (χ1n) is 6.22. The quantitative estimate of drug-likeness (QED) is 0.859. The second-order valence-corrected chi connectivity index (χ2v) is 4.72. The van der Waals surface area contributed by atoms with Crippen LogP contribution in [0.4, 0.5) is 0 Å². The van der Waals surface area contributed by atoms with Crippen LogP contribution >= 0.6 is 0 Å². The van der Waals surface area contributed by atoms with E-state index in [0.717, 1.165) is 5.56 Å². The van der Waals surface area contributed by atoms with E-state index in [1.807, 2.05) is 44.2 Å². The molecule has 2 rings (SSSR count). The van der Waals surface area contributed by atoms with Crippen molar-refractivity contribution in [2.45, 2.75) is 32.4 Å². The Labute approximate surface area is 107 Å². The standard InChI is InChI=1S/C14H18N2O2/c1-10-8-13(17)15-9-14(18)16(10)11(2)12-6-4-3-5-7-12/h3-7,10-11H,8-9H2,1-2H3,(H,15,17). The number of carbonyl (C=O) groups excluding carboxylic acids is 2. The lowest BCUT2D eigenvalue weighted by atomic mass is 10.0. The third-order valence-electron chi connectivity index (χ3n) is 3.38. The van der Waals surface area contributed by atoms with Crippen molar-refractivity contribution in [2.75, 3.05) is 6.54 Å². The Morgan fingerprint density at radius 2 is 1.94 bits per heavy atom. The molecule has 0 saturated carbocycles. The SMILES string of the molecule is CC1CC(=O)NCC(=O)N1C(C)c1ccccc1. The number of hydrogen-bond acceptors (Lipinski definition) is 2. The molecule has 1 fully saturated rings. The fraction of sp³-hybridized carbons (Fsp3) is 0.429. The molecule has 4 heteroatoms. The second kappa shape index (κ2) is 5.21. The van der Waals surface area contributed by atoms with Gasteiger partial charge < -0.3 is 10.2 Å². The number of benzene rings is 1. The van der Waals surface area contributed by atoms with E-state index in [1.54, 1.807) is 4.90 Å². The van der Waals surface area contributed by atoms with Crippen LogP contribution in [-0.2, 0) is 9.59 Å². The van der Waals surface area contributed by atoms with Gasteiger partial charge in [-0.1, -0.05) is 30.3 Å². The van der Waals surface area contributed by atoms with Crippen molar-refractivity contribution in [2.24, 2.45) is 0 Å². The van der Waals surface area contributed by atoms with Crippen molar-refractivity contribution in [1.82, 2.24) is 10.2 Å². The summed E-state index contributed by atoms with van der Waals surface area (Å²) in [5.74, 6) is -0.0803. The summed E-state index contributed by atoms with van der Waals surface area (Å²) in [6, 6.07) is 9.80. The molecule has 4 nitrogen and oxygen atoms in total. The van der Waals surface area contributed by atoms with Crippen LogP contribution < -0.4 is 5.32 Å². The molecule has 0 aliphatic carbocycles. The van der Waals surface area contributed by atoms with E-state index >= 15 is 0 Å². The first-order valence-corrected chi connectivity index (χ1v) is 6.22. The zero-order valence-electron chi connectivity index (χ0n) is 10.7. The topological polar surface area (TPSA) is 49.4 Å². The maximum absolute atomic E-state index is 12.1. The van der Waals surface area contributed by atoms with E-state index in [2.05, 4.69) is 5.32 Å². The highest BCUT2D eigenvalue weighted by atomic mass is 16.2. The van der Waals surface area contributed by atoms with Crippen molar-refractivity contribution in [3.8, 4) is 0 Å². The second-order valence-electron chi connectivity index (χ2n) is 4.72. The molecule has 96 valence electrons. The molecule has 1 aliphatic rings. The zero-order chi connectivity index (χ0) is 13.1. The smallest absolute Gasteiger partial charge is 0.242 e. The fourth-order valence-electron chi connectivity index (χ4n) is 2.44. The Kier molecular flexibility index (Phi) is 3.65. The molecule has 18 heavy (non-hydrogen) atoms. The third kappa shape index (κ3) is 2.53. The Balaban J connectivity index is 2.24. The summed E-state index contributed by atoms with van der Waals surface area (Å²) in [5.41, 5.74) is 1.09. The highest BCUT2D eigenvalue weighted by molar-refractivity contribution is 5.88. The number of amides is 2. The number of carbonyl (C=O) groups is 2. The normalized spacial score (nSPS) is 22.3. The molecule has 1 saturated heterocycles. The fourth-order valence-corrected chi connectivity index (χ4v) is 2.44. The van der Waals surface area contributed by atoms with Crippen molar-refractivity contribution in [3.05, 3.63) is 35.9 Å². The number of hydrogen-bond donors (Lipinski definition) is 1. The molecule has 2 unspecified atom stereocenters. The molecular weight excluding hydrogens is 228 g/mol. The monoisotopic (exact) mass is 246 g/mol. The van der Waals surface area contributed by atoms with E-state index < -0.39 is 0 Å². The lowest BCUT2D eigenvalue weighted by molar-refractivity contribution is -0.133. The summed E-state index contributed by atoms with van der Waals surface area (Å²) < 4.78 is 0. The summed E-state index contributed by atoms with van der Waals surface area (Å²) in [7, 11) is 0. The van der Waals surface area contributed by atoms with E-state index in [0.29, 0.717) is 6.42 Å². The van der Waals surface area contributed by atoms with Gasteiger partial charge in [0.1, 0.15) is 0 Å². The van der Waals surface area contributed by atoms with Crippen LogP contribution in [0.25, 0.3) is 0 Å². The van der Waals surface area contributed by atoms with Crippen molar-refractivity contribution >= 4 is 11.8 Å². The van der Waals surface area contributed by atoms with E-state index in [-0.39, 0.29) is 30.4 Å². The molecule has 2 amide bonds. The van der Waals surface area contributed by atoms with Gasteiger partial charge >= 0.3 is 0 Å². The predicted molar refractivity (Wildman–Crippen MR) is 68.8 cm³/mol. The zero-order valence-corrected chi connectivity index (χ0v) is 10.7. The molecule has 1 N–H and O–H groups in total. The molecule has 0 spiro atoms. The summed E-state index contributed by atoms with van der Waals surface area (Å²) in [6.45, 7) is 4.02. The Morgan fingerprint density at radius 3 is 2.61 bits per heavy atom. The van der Waals surface area contributed by atoms with Crippen molar-refractivity contribution in [1.29, 1.82) is 0 Å². The van der Waals surface area contributed by atoms with Crippen molar-refractivity contribution < 1.29 is 9.59 Å². The van der Waals surface area contributed by atoms with Crippen molar-refractivity contribution in [3.63, 3.8) is 0 Å². The number of rotatable bonds is 2. The molecule has 0 radical (unpaired) electrons. The van der Waals surface area contributed by atoms with Gasteiger partial charge in [0.2, 0.25) is 11.8 Å². The van der Waals surface area contributed by atoms with Crippen LogP contribution in [0.15, 0.2) is 30.3 Å². The van der Waals surface area contributed by atoms with Gasteiger partial charge in [-0.05, 0) is 19.4 Å². The van der Waals surface area contributed by atoms with E-state index in [9.17, 15) is 9.59 Å². The maximum Gasteiger partial charge on any atom is 0.242 e.